The minimum absolute atomic E-state index is 0.0465. The van der Waals surface area contributed by atoms with E-state index >= 15 is 0 Å². The van der Waals surface area contributed by atoms with E-state index < -0.39 is 30.2 Å². The van der Waals surface area contributed by atoms with Gasteiger partial charge in [0.05, 0.1) is 34.6 Å². The third kappa shape index (κ3) is 5.21. The summed E-state index contributed by atoms with van der Waals surface area (Å²) in [6.45, 7) is 13.7. The van der Waals surface area contributed by atoms with E-state index in [2.05, 4.69) is 16.5 Å². The van der Waals surface area contributed by atoms with Crippen LogP contribution in [0.4, 0.5) is 0 Å². The van der Waals surface area contributed by atoms with Crippen LogP contribution in [0.2, 0.25) is 0 Å². The first kappa shape index (κ1) is 30.5. The molecule has 2 aliphatic heterocycles. The number of nitrogens with one attached hydrogen (secondary N) is 2. The van der Waals surface area contributed by atoms with Crippen LogP contribution in [0.3, 0.4) is 0 Å². The van der Waals surface area contributed by atoms with Crippen LogP contribution in [0.25, 0.3) is 39.3 Å². The highest BCUT2D eigenvalue weighted by molar-refractivity contribution is 6.02. The van der Waals surface area contributed by atoms with E-state index in [1.807, 2.05) is 45.9 Å². The molecule has 0 saturated heterocycles. The lowest BCUT2D eigenvalue weighted by atomic mass is 9.85. The number of hydrogen-bond donors (Lipinski definition) is 5. The number of fused-ring (bicyclic) bond motifs is 8. The van der Waals surface area contributed by atoms with E-state index in [1.54, 1.807) is 13.0 Å². The summed E-state index contributed by atoms with van der Waals surface area (Å²) in [5.41, 5.74) is 9.25. The van der Waals surface area contributed by atoms with Crippen molar-refractivity contribution in [2.75, 3.05) is 0 Å². The van der Waals surface area contributed by atoms with Gasteiger partial charge in [-0.25, -0.2) is 9.78 Å². The van der Waals surface area contributed by atoms with E-state index in [0.29, 0.717) is 34.6 Å². The Labute approximate surface area is 254 Å². The van der Waals surface area contributed by atoms with Crippen LogP contribution >= 0.6 is 0 Å². The summed E-state index contributed by atoms with van der Waals surface area (Å²) in [5.74, 6) is -4.06. The van der Waals surface area contributed by atoms with Crippen molar-refractivity contribution in [2.24, 2.45) is 0 Å². The molecule has 3 aromatic rings. The van der Waals surface area contributed by atoms with Crippen LogP contribution < -0.4 is 0 Å². The molecule has 44 heavy (non-hydrogen) atoms. The Morgan fingerprint density at radius 3 is 2.23 bits per heavy atom. The number of H-pyrrole nitrogens is 2. The Kier molecular flexibility index (Phi) is 8.03. The number of aromatic carboxylic acids is 1. The minimum Gasteiger partial charge on any atom is -0.481 e. The van der Waals surface area contributed by atoms with E-state index in [0.717, 1.165) is 39.0 Å². The Morgan fingerprint density at radius 1 is 0.932 bits per heavy atom. The van der Waals surface area contributed by atoms with Crippen LogP contribution in [0.15, 0.2) is 24.8 Å². The molecular weight excluding hydrogens is 560 g/mol. The Balaban J connectivity index is 2.04. The molecule has 0 radical (unpaired) electrons. The molecule has 3 aromatic heterocycles. The van der Waals surface area contributed by atoms with E-state index in [1.165, 1.54) is 0 Å². The fraction of sp³-hybridized carbons (Fsp3) is 0.324. The smallest absolute Gasteiger partial charge is 0.338 e. The van der Waals surface area contributed by atoms with Crippen LogP contribution in [0.5, 0.6) is 0 Å². The summed E-state index contributed by atoms with van der Waals surface area (Å²) in [6, 6.07) is 5.70. The zero-order chi connectivity index (χ0) is 32.0. The molecule has 0 aliphatic carbocycles. The standard InChI is InChI=1S/C34H36N4O6/c1-7-19-15(3)23-12-25-17(5)21(9-10-29(39)40)32(37-25)22(11-30(41)42)33-31(34(43)44)18(6)26(38-33)14-28-20(8-2)16(4)24(36-28)13-27(19)35-23/h7,12-14,17,21,35,38H,1,8-11H2,2-6H3,(H,39,40)(H,41,42)(H,43,44)/t17-,21-/m0/s1. The number of nitrogens with zero attached hydrogens (tertiary/aromatic N) is 2. The van der Waals surface area contributed by atoms with Gasteiger partial charge in [0.15, 0.2) is 0 Å². The number of aryl methyl sites for hydroxylation is 2. The Hall–Kier alpha value is -4.99. The van der Waals surface area contributed by atoms with Crippen molar-refractivity contribution in [3.05, 3.63) is 75.4 Å². The fourth-order valence-electron chi connectivity index (χ4n) is 6.53. The average Bonchev–Trinajstić information content (AvgIpc) is 3.63. The SMILES string of the molecule is C=Cc1c(C)c2cc3nc(c(CC(=O)O)c4[nH]c(cc5nc(cc1[nH]2)C(C)=C5CC)c(C)c4C(=O)O)[C@@H](CCC(=O)O)[C@@H]3C. The predicted octanol–water partition coefficient (Wildman–Crippen LogP) is 6.99. The van der Waals surface area contributed by atoms with Gasteiger partial charge >= 0.3 is 17.9 Å². The molecule has 5 N–H and O–H groups in total. The molecule has 2 aliphatic rings. The summed E-state index contributed by atoms with van der Waals surface area (Å²) in [7, 11) is 0. The first-order valence-corrected chi connectivity index (χ1v) is 14.6. The Bertz CT molecular complexity index is 1940. The van der Waals surface area contributed by atoms with Gasteiger partial charge in [-0.15, -0.1) is 0 Å². The maximum atomic E-state index is 12.7. The number of aromatic nitrogens is 4. The van der Waals surface area contributed by atoms with Crippen molar-refractivity contribution in [3.63, 3.8) is 0 Å². The fourth-order valence-corrected chi connectivity index (χ4v) is 6.53. The van der Waals surface area contributed by atoms with Crippen molar-refractivity contribution in [1.29, 1.82) is 0 Å². The minimum atomic E-state index is -1.21. The summed E-state index contributed by atoms with van der Waals surface area (Å²) >= 11 is 0. The Morgan fingerprint density at radius 2 is 1.61 bits per heavy atom. The lowest BCUT2D eigenvalue weighted by Crippen LogP contribution is -2.11. The first-order valence-electron chi connectivity index (χ1n) is 14.6. The van der Waals surface area contributed by atoms with Crippen LogP contribution in [-0.4, -0.2) is 53.2 Å². The van der Waals surface area contributed by atoms with Gasteiger partial charge in [-0.2, -0.15) is 0 Å². The summed E-state index contributed by atoms with van der Waals surface area (Å²) in [5, 5.41) is 29.9. The molecule has 228 valence electrons. The summed E-state index contributed by atoms with van der Waals surface area (Å²) in [4.78, 5) is 53.2. The normalized spacial score (nSPS) is 16.3. The molecule has 10 heteroatoms. The topological polar surface area (TPSA) is 169 Å². The lowest BCUT2D eigenvalue weighted by molar-refractivity contribution is -0.138. The van der Waals surface area contributed by atoms with Gasteiger partial charge in [-0.1, -0.05) is 26.5 Å². The van der Waals surface area contributed by atoms with Gasteiger partial charge in [-0.05, 0) is 74.1 Å². The number of aliphatic carboxylic acids is 2. The quantitative estimate of drug-likeness (QED) is 0.185. The second-order valence-corrected chi connectivity index (χ2v) is 11.5. The molecule has 0 saturated carbocycles. The molecular formula is C34H36N4O6. The molecule has 10 nitrogen and oxygen atoms in total. The number of carboxylic acid groups (broad SMARTS) is 3. The number of carbonyl (C=O) groups is 3. The molecule has 0 unspecified atom stereocenters. The maximum Gasteiger partial charge on any atom is 0.338 e. The van der Waals surface area contributed by atoms with Crippen LogP contribution in [0, 0.1) is 13.8 Å². The number of hydrogen-bond acceptors (Lipinski definition) is 5. The molecule has 0 aromatic carbocycles. The summed E-state index contributed by atoms with van der Waals surface area (Å²) in [6.07, 6.45) is 2.04. The van der Waals surface area contributed by atoms with Crippen molar-refractivity contribution < 1.29 is 29.7 Å². The van der Waals surface area contributed by atoms with Gasteiger partial charge < -0.3 is 25.3 Å². The van der Waals surface area contributed by atoms with E-state index in [9.17, 15) is 29.7 Å². The zero-order valence-electron chi connectivity index (χ0n) is 25.5. The number of rotatable bonds is 8. The number of carboxylic acids is 3. The van der Waals surface area contributed by atoms with Crippen molar-refractivity contribution >= 4 is 57.2 Å². The van der Waals surface area contributed by atoms with Crippen molar-refractivity contribution in [3.8, 4) is 0 Å². The van der Waals surface area contributed by atoms with E-state index in [-0.39, 0.29) is 35.4 Å². The zero-order valence-corrected chi connectivity index (χ0v) is 25.5. The highest BCUT2D eigenvalue weighted by atomic mass is 16.4. The third-order valence-electron chi connectivity index (χ3n) is 8.95. The number of allylic oxidation sites excluding steroid dienone is 2. The third-order valence-corrected chi connectivity index (χ3v) is 8.95. The van der Waals surface area contributed by atoms with Gasteiger partial charge in [0, 0.05) is 51.6 Å². The second-order valence-electron chi connectivity index (χ2n) is 11.5. The monoisotopic (exact) mass is 596 g/mol. The van der Waals surface area contributed by atoms with Crippen molar-refractivity contribution in [1.82, 2.24) is 19.9 Å². The maximum absolute atomic E-state index is 12.7. The molecule has 5 rings (SSSR count). The van der Waals surface area contributed by atoms with E-state index in [4.69, 9.17) is 9.97 Å². The van der Waals surface area contributed by atoms with Crippen LogP contribution in [0.1, 0.15) is 107 Å². The molecule has 2 atom stereocenters. The number of aromatic amines is 2. The van der Waals surface area contributed by atoms with Gasteiger partial charge in [0.25, 0.3) is 0 Å². The molecule has 0 amide bonds. The summed E-state index contributed by atoms with van der Waals surface area (Å²) < 4.78 is 0. The van der Waals surface area contributed by atoms with Crippen LogP contribution in [-0.2, 0) is 16.0 Å². The first-order chi connectivity index (χ1) is 20.9. The van der Waals surface area contributed by atoms with Crippen molar-refractivity contribution in [2.45, 2.75) is 72.1 Å². The second kappa shape index (κ2) is 11.6. The average molecular weight is 597 g/mol. The predicted molar refractivity (Wildman–Crippen MR) is 170 cm³/mol. The van der Waals surface area contributed by atoms with Gasteiger partial charge in [-0.3, -0.25) is 14.6 Å². The largest absolute Gasteiger partial charge is 0.481 e. The molecule has 8 bridgehead atoms. The molecule has 5 heterocycles. The molecule has 0 fully saturated rings. The highest BCUT2D eigenvalue weighted by Crippen LogP contribution is 2.43. The lowest BCUT2D eigenvalue weighted by Gasteiger charge is -2.17. The molecule has 0 spiro atoms. The van der Waals surface area contributed by atoms with Gasteiger partial charge in [0.2, 0.25) is 0 Å². The van der Waals surface area contributed by atoms with Gasteiger partial charge in [0.1, 0.15) is 0 Å². The highest BCUT2D eigenvalue weighted by Gasteiger charge is 2.33.